The lowest BCUT2D eigenvalue weighted by molar-refractivity contribution is -0.112. The van der Waals surface area contributed by atoms with Gasteiger partial charge < -0.3 is 20.1 Å². The van der Waals surface area contributed by atoms with E-state index in [0.29, 0.717) is 57.3 Å². The number of nitrogens with zero attached hydrogens (tertiary/aromatic N) is 4. The number of nitrogens with one attached hydrogen (secondary N) is 2. The van der Waals surface area contributed by atoms with E-state index in [1.54, 1.807) is 37.6 Å². The zero-order valence-electron chi connectivity index (χ0n) is 23.3. The number of rotatable bonds is 10. The predicted molar refractivity (Wildman–Crippen MR) is 162 cm³/mol. The van der Waals surface area contributed by atoms with Crippen LogP contribution in [0.5, 0.6) is 11.5 Å². The van der Waals surface area contributed by atoms with Crippen LogP contribution < -0.4 is 20.1 Å². The number of fused-ring (bicyclic) bond motifs is 1. The summed E-state index contributed by atoms with van der Waals surface area (Å²) in [6, 6.07) is 15.4. The summed E-state index contributed by atoms with van der Waals surface area (Å²) in [5, 5.41) is 7.34. The molecule has 0 aliphatic carbocycles. The molecule has 212 valence electrons. The van der Waals surface area contributed by atoms with Crippen molar-refractivity contribution in [3.05, 3.63) is 83.9 Å². The summed E-state index contributed by atoms with van der Waals surface area (Å²) in [5.74, 6) is 1.28. The first-order valence-electron chi connectivity index (χ1n) is 13.6. The predicted octanol–water partition coefficient (Wildman–Crippen LogP) is 6.38. The highest BCUT2D eigenvalue weighted by atomic mass is 35.5. The maximum atomic E-state index is 12.9. The van der Waals surface area contributed by atoms with Gasteiger partial charge in [-0.25, -0.2) is 9.97 Å². The number of carbonyl (C=O) groups is 1. The second kappa shape index (κ2) is 13.0. The van der Waals surface area contributed by atoms with Gasteiger partial charge in [0.2, 0.25) is 5.91 Å². The number of ether oxygens (including phenoxy) is 2. The fourth-order valence-corrected chi connectivity index (χ4v) is 5.27. The number of hydrogen-bond donors (Lipinski definition) is 2. The fraction of sp³-hybridized carbons (Fsp3) is 0.290. The van der Waals surface area contributed by atoms with Gasteiger partial charge in [-0.1, -0.05) is 23.7 Å². The van der Waals surface area contributed by atoms with Crippen LogP contribution in [0.15, 0.2) is 73.2 Å². The number of methoxy groups -OCH3 is 1. The van der Waals surface area contributed by atoms with Crippen LogP contribution in [0.4, 0.5) is 17.2 Å². The highest BCUT2D eigenvalue weighted by Gasteiger charge is 2.24. The van der Waals surface area contributed by atoms with Crippen molar-refractivity contribution >= 4 is 45.6 Å². The van der Waals surface area contributed by atoms with E-state index in [1.165, 1.54) is 6.33 Å². The van der Waals surface area contributed by atoms with E-state index in [0.717, 1.165) is 25.1 Å². The number of hydrogen-bond acceptors (Lipinski definition) is 8. The van der Waals surface area contributed by atoms with Crippen molar-refractivity contribution in [1.82, 2.24) is 19.9 Å². The highest BCUT2D eigenvalue weighted by Crippen LogP contribution is 2.38. The van der Waals surface area contributed by atoms with Crippen molar-refractivity contribution in [2.24, 2.45) is 0 Å². The number of aromatic nitrogens is 3. The first kappa shape index (κ1) is 28.3. The van der Waals surface area contributed by atoms with Gasteiger partial charge in [0.25, 0.3) is 0 Å². The maximum Gasteiger partial charge on any atom is 0.248 e. The van der Waals surface area contributed by atoms with E-state index in [-0.39, 0.29) is 11.9 Å². The molecule has 0 radical (unpaired) electrons. The van der Waals surface area contributed by atoms with Crippen LogP contribution in [0.3, 0.4) is 0 Å². The Morgan fingerprint density at radius 3 is 2.80 bits per heavy atom. The zero-order valence-corrected chi connectivity index (χ0v) is 24.1. The van der Waals surface area contributed by atoms with Crippen molar-refractivity contribution in [1.29, 1.82) is 0 Å². The lowest BCUT2D eigenvalue weighted by Crippen LogP contribution is -2.34. The van der Waals surface area contributed by atoms with Gasteiger partial charge in [0.1, 0.15) is 24.5 Å². The number of halogens is 1. The number of benzene rings is 2. The molecule has 1 atom stereocenters. The van der Waals surface area contributed by atoms with Crippen molar-refractivity contribution in [2.75, 3.05) is 24.3 Å². The minimum absolute atomic E-state index is 0.224. The molecule has 1 unspecified atom stereocenters. The molecular weight excluding hydrogens is 540 g/mol. The third-order valence-electron chi connectivity index (χ3n) is 6.99. The summed E-state index contributed by atoms with van der Waals surface area (Å²) >= 11 is 6.52. The highest BCUT2D eigenvalue weighted by molar-refractivity contribution is 6.32. The van der Waals surface area contributed by atoms with Crippen LogP contribution in [0.25, 0.3) is 10.9 Å². The standard InChI is InChI=1S/C31H33ClN6O3/c1-20(2)38-16-6-8-23(38)10-14-28(39)37-26-12-11-25-29(30(26)40-3)31(35-19-34-25)36-21-9-13-27(24(32)17-21)41-18-22-7-4-5-15-33-22/h4-5,7,9-15,17,19-20,23H,6,8,16,18H2,1-3H3,(H,37,39)(H,34,35,36)/b14-10+. The molecule has 5 rings (SSSR count). The molecule has 3 heterocycles. The Morgan fingerprint density at radius 1 is 1.17 bits per heavy atom. The number of amides is 1. The molecule has 9 nitrogen and oxygen atoms in total. The van der Waals surface area contributed by atoms with Gasteiger partial charge >= 0.3 is 0 Å². The van der Waals surface area contributed by atoms with E-state index >= 15 is 0 Å². The van der Waals surface area contributed by atoms with E-state index in [4.69, 9.17) is 21.1 Å². The van der Waals surface area contributed by atoms with Gasteiger partial charge in [0, 0.05) is 30.0 Å². The smallest absolute Gasteiger partial charge is 0.248 e. The summed E-state index contributed by atoms with van der Waals surface area (Å²) in [5.41, 5.74) is 2.69. The average Bonchev–Trinajstić information content (AvgIpc) is 3.46. The third-order valence-corrected chi connectivity index (χ3v) is 7.29. The largest absolute Gasteiger partial charge is 0.494 e. The molecule has 1 aliphatic heterocycles. The van der Waals surface area contributed by atoms with E-state index < -0.39 is 0 Å². The fourth-order valence-electron chi connectivity index (χ4n) is 5.03. The van der Waals surface area contributed by atoms with Crippen molar-refractivity contribution < 1.29 is 14.3 Å². The molecule has 1 aliphatic rings. The SMILES string of the molecule is COc1c(NC(=O)/C=C/C2CCCN2C(C)C)ccc2ncnc(Nc3ccc(OCc4ccccn4)c(Cl)c3)c12. The van der Waals surface area contributed by atoms with Crippen LogP contribution in [0.1, 0.15) is 32.4 Å². The van der Waals surface area contributed by atoms with E-state index in [1.807, 2.05) is 36.4 Å². The van der Waals surface area contributed by atoms with E-state index in [9.17, 15) is 4.79 Å². The van der Waals surface area contributed by atoms with Crippen LogP contribution in [0.2, 0.25) is 5.02 Å². The summed E-state index contributed by atoms with van der Waals surface area (Å²) in [4.78, 5) is 28.4. The number of pyridine rings is 1. The van der Waals surface area contributed by atoms with Gasteiger partial charge in [0.15, 0.2) is 5.75 Å². The van der Waals surface area contributed by atoms with Gasteiger partial charge in [-0.15, -0.1) is 0 Å². The second-order valence-electron chi connectivity index (χ2n) is 10.0. The third kappa shape index (κ3) is 6.75. The summed E-state index contributed by atoms with van der Waals surface area (Å²) in [6.07, 6.45) is 8.97. The zero-order chi connectivity index (χ0) is 28.8. The Hall–Kier alpha value is -4.21. The molecule has 2 aromatic heterocycles. The van der Waals surface area contributed by atoms with Crippen molar-refractivity contribution in [3.63, 3.8) is 0 Å². The number of likely N-dealkylation sites (tertiary alicyclic amines) is 1. The number of carbonyl (C=O) groups excluding carboxylic acids is 1. The monoisotopic (exact) mass is 572 g/mol. The van der Waals surface area contributed by atoms with Crippen molar-refractivity contribution in [2.45, 2.75) is 45.4 Å². The molecule has 4 aromatic rings. The van der Waals surface area contributed by atoms with Crippen LogP contribution >= 0.6 is 11.6 Å². The van der Waals surface area contributed by atoms with Crippen LogP contribution in [0, 0.1) is 0 Å². The number of anilines is 3. The molecule has 2 N–H and O–H groups in total. The molecular formula is C31H33ClN6O3. The van der Waals surface area contributed by atoms with Gasteiger partial charge in [-0.2, -0.15) is 0 Å². The molecule has 1 amide bonds. The maximum absolute atomic E-state index is 12.9. The lowest BCUT2D eigenvalue weighted by atomic mass is 10.1. The molecule has 0 saturated carbocycles. The quantitative estimate of drug-likeness (QED) is 0.211. The van der Waals surface area contributed by atoms with Gasteiger partial charge in [-0.3, -0.25) is 14.7 Å². The molecule has 10 heteroatoms. The summed E-state index contributed by atoms with van der Waals surface area (Å²) < 4.78 is 11.6. The van der Waals surface area contributed by atoms with Crippen LogP contribution in [-0.2, 0) is 11.4 Å². The molecule has 0 spiro atoms. The minimum Gasteiger partial charge on any atom is -0.494 e. The first-order valence-corrected chi connectivity index (χ1v) is 14.0. The molecule has 1 fully saturated rings. The average molecular weight is 573 g/mol. The summed E-state index contributed by atoms with van der Waals surface area (Å²) in [7, 11) is 1.56. The molecule has 2 aromatic carbocycles. The summed E-state index contributed by atoms with van der Waals surface area (Å²) in [6.45, 7) is 5.72. The Labute approximate surface area is 244 Å². The Bertz CT molecular complexity index is 1550. The van der Waals surface area contributed by atoms with Gasteiger partial charge in [0.05, 0.1) is 34.4 Å². The van der Waals surface area contributed by atoms with Crippen LogP contribution in [-0.4, -0.2) is 51.5 Å². The Balaban J connectivity index is 1.34. The molecule has 0 bridgehead atoms. The molecule has 41 heavy (non-hydrogen) atoms. The Morgan fingerprint density at radius 2 is 2.05 bits per heavy atom. The Kier molecular flexibility index (Phi) is 8.96. The first-order chi connectivity index (χ1) is 19.9. The van der Waals surface area contributed by atoms with Crippen molar-refractivity contribution in [3.8, 4) is 11.5 Å². The topological polar surface area (TPSA) is 102 Å². The second-order valence-corrected chi connectivity index (χ2v) is 10.4. The van der Waals surface area contributed by atoms with E-state index in [2.05, 4.69) is 44.3 Å². The van der Waals surface area contributed by atoms with Gasteiger partial charge in [-0.05, 0) is 75.7 Å². The normalized spacial score (nSPS) is 15.5. The molecule has 1 saturated heterocycles. The lowest BCUT2D eigenvalue weighted by Gasteiger charge is -2.25. The minimum atomic E-state index is -0.224.